The van der Waals surface area contributed by atoms with E-state index in [0.29, 0.717) is 22.4 Å². The molecule has 0 bridgehead atoms. The minimum Gasteiger partial charge on any atom is -0.497 e. The number of carbonyl (C=O) groups excluding carboxylic acids is 1. The SMILES string of the molecule is COc1cccc(C(=O)Nc2nc3cc(-c4cccc(OC)c4)ccc3o2)c1. The molecule has 0 saturated heterocycles. The number of aromatic nitrogens is 1. The molecule has 6 heteroatoms. The molecule has 140 valence electrons. The summed E-state index contributed by atoms with van der Waals surface area (Å²) in [5.41, 5.74) is 3.68. The van der Waals surface area contributed by atoms with Gasteiger partial charge >= 0.3 is 6.01 Å². The number of nitrogens with one attached hydrogen (secondary N) is 1. The number of amides is 1. The van der Waals surface area contributed by atoms with Crippen LogP contribution in [-0.4, -0.2) is 25.1 Å². The number of anilines is 1. The highest BCUT2D eigenvalue weighted by molar-refractivity contribution is 6.03. The molecule has 1 heterocycles. The van der Waals surface area contributed by atoms with Crippen molar-refractivity contribution in [3.05, 3.63) is 72.3 Å². The van der Waals surface area contributed by atoms with E-state index in [1.54, 1.807) is 38.5 Å². The van der Waals surface area contributed by atoms with Crippen molar-refractivity contribution in [3.8, 4) is 22.6 Å². The third-order valence-corrected chi connectivity index (χ3v) is 4.34. The summed E-state index contributed by atoms with van der Waals surface area (Å²) in [7, 11) is 3.19. The maximum absolute atomic E-state index is 12.4. The maximum Gasteiger partial charge on any atom is 0.302 e. The molecule has 1 aromatic heterocycles. The molecule has 0 fully saturated rings. The van der Waals surface area contributed by atoms with Gasteiger partial charge in [-0.15, -0.1) is 0 Å². The first kappa shape index (κ1) is 17.6. The normalized spacial score (nSPS) is 10.6. The summed E-state index contributed by atoms with van der Waals surface area (Å²) in [6.07, 6.45) is 0. The van der Waals surface area contributed by atoms with Crippen LogP contribution in [0.4, 0.5) is 6.01 Å². The first-order valence-corrected chi connectivity index (χ1v) is 8.67. The minimum atomic E-state index is -0.321. The topological polar surface area (TPSA) is 73.6 Å². The lowest BCUT2D eigenvalue weighted by molar-refractivity contribution is 0.102. The Bertz CT molecular complexity index is 1150. The molecule has 6 nitrogen and oxygen atoms in total. The van der Waals surface area contributed by atoms with E-state index in [0.717, 1.165) is 16.9 Å². The first-order chi connectivity index (χ1) is 13.7. The van der Waals surface area contributed by atoms with Crippen molar-refractivity contribution in [2.45, 2.75) is 0 Å². The quantitative estimate of drug-likeness (QED) is 0.545. The van der Waals surface area contributed by atoms with Crippen LogP contribution in [0.2, 0.25) is 0 Å². The largest absolute Gasteiger partial charge is 0.497 e. The Labute approximate surface area is 161 Å². The highest BCUT2D eigenvalue weighted by Crippen LogP contribution is 2.28. The summed E-state index contributed by atoms with van der Waals surface area (Å²) in [5, 5.41) is 2.68. The van der Waals surface area contributed by atoms with Crippen molar-refractivity contribution in [2.24, 2.45) is 0 Å². The van der Waals surface area contributed by atoms with Crippen molar-refractivity contribution in [3.63, 3.8) is 0 Å². The predicted molar refractivity (Wildman–Crippen MR) is 107 cm³/mol. The van der Waals surface area contributed by atoms with Gasteiger partial charge in [-0.2, -0.15) is 4.98 Å². The summed E-state index contributed by atoms with van der Waals surface area (Å²) < 4.78 is 16.1. The predicted octanol–water partition coefficient (Wildman–Crippen LogP) is 4.76. The second kappa shape index (κ2) is 7.44. The molecule has 0 unspecified atom stereocenters. The van der Waals surface area contributed by atoms with Crippen LogP contribution in [0.3, 0.4) is 0 Å². The number of oxazole rings is 1. The Balaban J connectivity index is 1.60. The van der Waals surface area contributed by atoms with Crippen LogP contribution in [0.15, 0.2) is 71.1 Å². The number of ether oxygens (including phenoxy) is 2. The van der Waals surface area contributed by atoms with E-state index in [9.17, 15) is 4.79 Å². The molecule has 0 aliphatic rings. The van der Waals surface area contributed by atoms with Gasteiger partial charge < -0.3 is 13.9 Å². The second-order valence-corrected chi connectivity index (χ2v) is 6.12. The van der Waals surface area contributed by atoms with Crippen LogP contribution >= 0.6 is 0 Å². The highest BCUT2D eigenvalue weighted by Gasteiger charge is 2.13. The van der Waals surface area contributed by atoms with Gasteiger partial charge in [0.15, 0.2) is 5.58 Å². The Hall–Kier alpha value is -3.80. The molecule has 0 atom stereocenters. The lowest BCUT2D eigenvalue weighted by Crippen LogP contribution is -2.12. The average Bonchev–Trinajstić information content (AvgIpc) is 3.15. The molecule has 0 spiro atoms. The van der Waals surface area contributed by atoms with Crippen molar-refractivity contribution in [1.82, 2.24) is 4.98 Å². The van der Waals surface area contributed by atoms with Gasteiger partial charge in [-0.3, -0.25) is 10.1 Å². The smallest absolute Gasteiger partial charge is 0.302 e. The van der Waals surface area contributed by atoms with Crippen LogP contribution in [-0.2, 0) is 0 Å². The number of benzene rings is 3. The molecule has 0 radical (unpaired) electrons. The molecular weight excluding hydrogens is 356 g/mol. The Morgan fingerprint density at radius 2 is 1.61 bits per heavy atom. The monoisotopic (exact) mass is 374 g/mol. The number of carbonyl (C=O) groups is 1. The van der Waals surface area contributed by atoms with Gasteiger partial charge in [0.2, 0.25) is 0 Å². The number of hydrogen-bond acceptors (Lipinski definition) is 5. The summed E-state index contributed by atoms with van der Waals surface area (Å²) >= 11 is 0. The van der Waals surface area contributed by atoms with Gasteiger partial charge in [-0.05, 0) is 53.6 Å². The zero-order valence-corrected chi connectivity index (χ0v) is 15.4. The van der Waals surface area contributed by atoms with Crippen LogP contribution in [0, 0.1) is 0 Å². The zero-order chi connectivity index (χ0) is 19.5. The third-order valence-electron chi connectivity index (χ3n) is 4.34. The van der Waals surface area contributed by atoms with E-state index in [-0.39, 0.29) is 11.9 Å². The summed E-state index contributed by atoms with van der Waals surface area (Å²) in [6.45, 7) is 0. The Morgan fingerprint density at radius 1 is 0.893 bits per heavy atom. The van der Waals surface area contributed by atoms with Crippen molar-refractivity contribution < 1.29 is 18.7 Å². The van der Waals surface area contributed by atoms with Gasteiger partial charge in [0.25, 0.3) is 5.91 Å². The van der Waals surface area contributed by atoms with Gasteiger partial charge in [-0.25, -0.2) is 0 Å². The van der Waals surface area contributed by atoms with E-state index in [2.05, 4.69) is 10.3 Å². The zero-order valence-electron chi connectivity index (χ0n) is 15.4. The van der Waals surface area contributed by atoms with E-state index in [1.165, 1.54) is 0 Å². The molecule has 4 aromatic rings. The Kier molecular flexibility index (Phi) is 4.68. The van der Waals surface area contributed by atoms with Gasteiger partial charge in [0.1, 0.15) is 17.0 Å². The van der Waals surface area contributed by atoms with E-state index >= 15 is 0 Å². The second-order valence-electron chi connectivity index (χ2n) is 6.12. The Morgan fingerprint density at radius 3 is 2.39 bits per heavy atom. The fourth-order valence-corrected chi connectivity index (χ4v) is 2.90. The van der Waals surface area contributed by atoms with Crippen LogP contribution in [0.5, 0.6) is 11.5 Å². The summed E-state index contributed by atoms with van der Waals surface area (Å²) in [5.74, 6) is 1.07. The number of rotatable bonds is 5. The molecule has 1 N–H and O–H groups in total. The molecule has 1 amide bonds. The number of methoxy groups -OCH3 is 2. The molecule has 28 heavy (non-hydrogen) atoms. The number of hydrogen-bond donors (Lipinski definition) is 1. The molecule has 0 aliphatic carbocycles. The summed E-state index contributed by atoms with van der Waals surface area (Å²) in [6, 6.07) is 20.5. The van der Waals surface area contributed by atoms with Crippen molar-refractivity contribution >= 4 is 23.0 Å². The van der Waals surface area contributed by atoms with Gasteiger partial charge in [-0.1, -0.05) is 24.3 Å². The molecule has 4 rings (SSSR count). The number of fused-ring (bicyclic) bond motifs is 1. The minimum absolute atomic E-state index is 0.144. The third kappa shape index (κ3) is 3.53. The average molecular weight is 374 g/mol. The summed E-state index contributed by atoms with van der Waals surface area (Å²) in [4.78, 5) is 16.8. The molecular formula is C22H18N2O4. The highest BCUT2D eigenvalue weighted by atomic mass is 16.5. The fraction of sp³-hybridized carbons (Fsp3) is 0.0909. The standard InChI is InChI=1S/C22H18N2O4/c1-26-17-7-3-5-14(11-17)15-9-10-20-19(13-15)23-22(28-20)24-21(25)16-6-4-8-18(12-16)27-2/h3-13H,1-2H3,(H,23,24,25). The fourth-order valence-electron chi connectivity index (χ4n) is 2.90. The van der Waals surface area contributed by atoms with E-state index in [4.69, 9.17) is 13.9 Å². The lowest BCUT2D eigenvalue weighted by atomic mass is 10.1. The van der Waals surface area contributed by atoms with Gasteiger partial charge in [0, 0.05) is 5.56 Å². The van der Waals surface area contributed by atoms with Crippen molar-refractivity contribution in [1.29, 1.82) is 0 Å². The van der Waals surface area contributed by atoms with E-state index in [1.807, 2.05) is 42.5 Å². The molecule has 3 aromatic carbocycles. The van der Waals surface area contributed by atoms with Crippen LogP contribution in [0.25, 0.3) is 22.2 Å². The lowest BCUT2D eigenvalue weighted by Gasteiger charge is -2.04. The van der Waals surface area contributed by atoms with E-state index < -0.39 is 0 Å². The molecule has 0 aliphatic heterocycles. The van der Waals surface area contributed by atoms with Crippen LogP contribution in [0.1, 0.15) is 10.4 Å². The van der Waals surface area contributed by atoms with Crippen LogP contribution < -0.4 is 14.8 Å². The maximum atomic E-state index is 12.4. The molecule has 0 saturated carbocycles. The van der Waals surface area contributed by atoms with Gasteiger partial charge in [0.05, 0.1) is 14.2 Å². The first-order valence-electron chi connectivity index (χ1n) is 8.67. The van der Waals surface area contributed by atoms with Crippen molar-refractivity contribution in [2.75, 3.05) is 19.5 Å². The number of nitrogens with zero attached hydrogens (tertiary/aromatic N) is 1.